The maximum Gasteiger partial charge on any atom is 0.241 e. The van der Waals surface area contributed by atoms with Crippen molar-refractivity contribution >= 4 is 5.91 Å². The number of piperidine rings is 1. The van der Waals surface area contributed by atoms with Crippen molar-refractivity contribution in [2.24, 2.45) is 5.92 Å². The van der Waals surface area contributed by atoms with E-state index in [9.17, 15) is 4.79 Å². The molecule has 1 aromatic rings. The topological polar surface area (TPSA) is 78.3 Å². The Kier molecular flexibility index (Phi) is 6.36. The standard InChI is InChI=1S/C19H33N7O/c27-19(18-11-20-15-21-18)25-9-5-16(6-10-25)12-26-14-17(22-23-26)13-24-7-3-1-2-4-8-24/h14,16,18,20-21H,1-13,15H2. The highest BCUT2D eigenvalue weighted by Crippen LogP contribution is 2.20. The third-order valence-electron chi connectivity index (χ3n) is 6.16. The van der Waals surface area contributed by atoms with Gasteiger partial charge in [-0.2, -0.15) is 0 Å². The largest absolute Gasteiger partial charge is 0.341 e. The lowest BCUT2D eigenvalue weighted by atomic mass is 9.96. The van der Waals surface area contributed by atoms with Gasteiger partial charge in [-0.05, 0) is 44.7 Å². The number of rotatable bonds is 5. The number of hydrogen-bond acceptors (Lipinski definition) is 6. The van der Waals surface area contributed by atoms with E-state index in [1.807, 2.05) is 9.58 Å². The lowest BCUT2D eigenvalue weighted by Gasteiger charge is -2.33. The predicted molar refractivity (Wildman–Crippen MR) is 103 cm³/mol. The molecule has 0 bridgehead atoms. The summed E-state index contributed by atoms with van der Waals surface area (Å²) in [7, 11) is 0. The van der Waals surface area contributed by atoms with Crippen molar-refractivity contribution in [2.45, 2.75) is 57.7 Å². The summed E-state index contributed by atoms with van der Waals surface area (Å²) in [6.07, 6.45) is 9.54. The molecule has 0 saturated carbocycles. The molecule has 3 aliphatic heterocycles. The van der Waals surface area contributed by atoms with Gasteiger partial charge in [-0.1, -0.05) is 18.1 Å². The molecule has 3 fully saturated rings. The Bertz CT molecular complexity index is 597. The van der Waals surface area contributed by atoms with E-state index in [2.05, 4.69) is 32.0 Å². The molecule has 1 aromatic heterocycles. The van der Waals surface area contributed by atoms with Gasteiger partial charge in [0.2, 0.25) is 5.91 Å². The summed E-state index contributed by atoms with van der Waals surface area (Å²) in [6, 6.07) is -0.0431. The highest BCUT2D eigenvalue weighted by Gasteiger charge is 2.29. The van der Waals surface area contributed by atoms with Gasteiger partial charge in [0.1, 0.15) is 6.04 Å². The van der Waals surface area contributed by atoms with Crippen LogP contribution in [-0.2, 0) is 17.9 Å². The molecule has 8 nitrogen and oxygen atoms in total. The molecule has 8 heteroatoms. The number of carbonyl (C=O) groups is 1. The number of hydrogen-bond donors (Lipinski definition) is 2. The molecule has 1 atom stereocenters. The predicted octanol–water partition coefficient (Wildman–Crippen LogP) is 0.412. The summed E-state index contributed by atoms with van der Waals surface area (Å²) >= 11 is 0. The Balaban J connectivity index is 1.22. The van der Waals surface area contributed by atoms with E-state index >= 15 is 0 Å². The van der Waals surface area contributed by atoms with Gasteiger partial charge in [0.15, 0.2) is 0 Å². The Morgan fingerprint density at radius 2 is 1.89 bits per heavy atom. The van der Waals surface area contributed by atoms with Crippen LogP contribution < -0.4 is 10.6 Å². The second-order valence-corrected chi connectivity index (χ2v) is 8.28. The van der Waals surface area contributed by atoms with Gasteiger partial charge in [-0.25, -0.2) is 0 Å². The number of nitrogens with one attached hydrogen (secondary N) is 2. The van der Waals surface area contributed by atoms with Crippen molar-refractivity contribution < 1.29 is 4.79 Å². The molecule has 150 valence electrons. The second kappa shape index (κ2) is 9.12. The fraction of sp³-hybridized carbons (Fsp3) is 0.842. The summed E-state index contributed by atoms with van der Waals surface area (Å²) in [5, 5.41) is 15.2. The van der Waals surface area contributed by atoms with Crippen molar-refractivity contribution in [1.29, 1.82) is 0 Å². The minimum absolute atomic E-state index is 0.0431. The molecule has 3 aliphatic rings. The van der Waals surface area contributed by atoms with Crippen molar-refractivity contribution in [2.75, 3.05) is 39.4 Å². The average molecular weight is 376 g/mol. The zero-order chi connectivity index (χ0) is 18.5. The zero-order valence-electron chi connectivity index (χ0n) is 16.3. The van der Waals surface area contributed by atoms with Crippen LogP contribution in [0.3, 0.4) is 0 Å². The molecular formula is C19H33N7O. The molecule has 3 saturated heterocycles. The van der Waals surface area contributed by atoms with Crippen molar-refractivity contribution in [3.05, 3.63) is 11.9 Å². The van der Waals surface area contributed by atoms with Crippen LogP contribution >= 0.6 is 0 Å². The van der Waals surface area contributed by atoms with Crippen LogP contribution in [0.2, 0.25) is 0 Å². The summed E-state index contributed by atoms with van der Waals surface area (Å²) in [5.74, 6) is 0.829. The van der Waals surface area contributed by atoms with Crippen LogP contribution in [0.4, 0.5) is 0 Å². The lowest BCUT2D eigenvalue weighted by Crippen LogP contribution is -2.48. The lowest BCUT2D eigenvalue weighted by molar-refractivity contribution is -0.134. The number of carbonyl (C=O) groups excluding carboxylic acids is 1. The SMILES string of the molecule is O=C(C1CNCN1)N1CCC(Cn2cc(CN3CCCCCC3)nn2)CC1. The molecule has 0 aliphatic carbocycles. The van der Waals surface area contributed by atoms with E-state index in [1.54, 1.807) is 0 Å². The van der Waals surface area contributed by atoms with E-state index < -0.39 is 0 Å². The molecule has 4 rings (SSSR count). The van der Waals surface area contributed by atoms with Crippen molar-refractivity contribution in [1.82, 2.24) is 35.4 Å². The fourth-order valence-electron chi connectivity index (χ4n) is 4.50. The second-order valence-electron chi connectivity index (χ2n) is 8.28. The van der Waals surface area contributed by atoms with E-state index in [4.69, 9.17) is 0 Å². The Morgan fingerprint density at radius 3 is 2.59 bits per heavy atom. The Morgan fingerprint density at radius 1 is 1.11 bits per heavy atom. The highest BCUT2D eigenvalue weighted by atomic mass is 16.2. The molecule has 0 spiro atoms. The number of nitrogens with zero attached hydrogens (tertiary/aromatic N) is 5. The number of aromatic nitrogens is 3. The average Bonchev–Trinajstić information content (AvgIpc) is 3.30. The molecule has 0 radical (unpaired) electrons. The quantitative estimate of drug-likeness (QED) is 0.776. The highest BCUT2D eigenvalue weighted by molar-refractivity contribution is 5.82. The zero-order valence-corrected chi connectivity index (χ0v) is 16.3. The molecule has 1 amide bonds. The smallest absolute Gasteiger partial charge is 0.241 e. The summed E-state index contributed by atoms with van der Waals surface area (Å²) in [4.78, 5) is 17.0. The van der Waals surface area contributed by atoms with Crippen LogP contribution in [0, 0.1) is 5.92 Å². The first-order valence-electron chi connectivity index (χ1n) is 10.6. The van der Waals surface area contributed by atoms with E-state index in [1.165, 1.54) is 38.8 Å². The third-order valence-corrected chi connectivity index (χ3v) is 6.16. The Hall–Kier alpha value is -1.51. The first-order chi connectivity index (χ1) is 13.3. The summed E-state index contributed by atoms with van der Waals surface area (Å²) < 4.78 is 2.01. The van der Waals surface area contributed by atoms with Crippen molar-refractivity contribution in [3.8, 4) is 0 Å². The van der Waals surface area contributed by atoms with Crippen LogP contribution in [0.15, 0.2) is 6.20 Å². The van der Waals surface area contributed by atoms with Gasteiger partial charge in [-0.3, -0.25) is 19.7 Å². The monoisotopic (exact) mass is 375 g/mol. The molecule has 0 aromatic carbocycles. The maximum atomic E-state index is 12.5. The van der Waals surface area contributed by atoms with E-state index in [0.717, 1.165) is 57.9 Å². The Labute approximate surface area is 161 Å². The first kappa shape index (κ1) is 18.8. The van der Waals surface area contributed by atoms with Crippen LogP contribution in [0.1, 0.15) is 44.2 Å². The maximum absolute atomic E-state index is 12.5. The fourth-order valence-corrected chi connectivity index (χ4v) is 4.50. The van der Waals surface area contributed by atoms with Crippen LogP contribution in [-0.4, -0.2) is 76.1 Å². The van der Waals surface area contributed by atoms with E-state index in [-0.39, 0.29) is 11.9 Å². The van der Waals surface area contributed by atoms with E-state index in [0.29, 0.717) is 5.92 Å². The van der Waals surface area contributed by atoms with Crippen LogP contribution in [0.5, 0.6) is 0 Å². The van der Waals surface area contributed by atoms with Gasteiger partial charge >= 0.3 is 0 Å². The summed E-state index contributed by atoms with van der Waals surface area (Å²) in [5.41, 5.74) is 1.09. The molecule has 2 N–H and O–H groups in total. The minimum atomic E-state index is -0.0431. The van der Waals surface area contributed by atoms with Gasteiger partial charge in [0.05, 0.1) is 5.69 Å². The van der Waals surface area contributed by atoms with Gasteiger partial charge in [0, 0.05) is 45.6 Å². The minimum Gasteiger partial charge on any atom is -0.341 e. The van der Waals surface area contributed by atoms with Gasteiger partial charge in [0.25, 0.3) is 0 Å². The van der Waals surface area contributed by atoms with Crippen LogP contribution in [0.25, 0.3) is 0 Å². The number of amides is 1. The molecular weight excluding hydrogens is 342 g/mol. The molecule has 4 heterocycles. The molecule has 27 heavy (non-hydrogen) atoms. The van der Waals surface area contributed by atoms with Gasteiger partial charge < -0.3 is 10.2 Å². The summed E-state index contributed by atoms with van der Waals surface area (Å²) in [6.45, 7) is 7.41. The van der Waals surface area contributed by atoms with Gasteiger partial charge in [-0.15, -0.1) is 5.10 Å². The third kappa shape index (κ3) is 5.06. The normalized spacial score (nSPS) is 25.6. The number of likely N-dealkylation sites (tertiary alicyclic amines) is 2. The van der Waals surface area contributed by atoms with Crippen molar-refractivity contribution in [3.63, 3.8) is 0 Å². The first-order valence-corrected chi connectivity index (χ1v) is 10.6. The molecule has 1 unspecified atom stereocenters.